The third-order valence-electron chi connectivity index (χ3n) is 3.65. The minimum Gasteiger partial charge on any atom is -0.465 e. The summed E-state index contributed by atoms with van der Waals surface area (Å²) in [6.45, 7) is 9.92. The van der Waals surface area contributed by atoms with Crippen molar-refractivity contribution in [1.29, 1.82) is 0 Å². The Labute approximate surface area is 135 Å². The summed E-state index contributed by atoms with van der Waals surface area (Å²) in [5.74, 6) is -0.233. The number of ether oxygens (including phenoxy) is 1. The van der Waals surface area contributed by atoms with Crippen LogP contribution in [0, 0.1) is 0 Å². The second kappa shape index (κ2) is 11.6. The van der Waals surface area contributed by atoms with E-state index in [4.69, 9.17) is 4.74 Å². The van der Waals surface area contributed by atoms with Gasteiger partial charge in [-0.1, -0.05) is 51.1 Å². The highest BCUT2D eigenvalue weighted by Crippen LogP contribution is 2.20. The molecule has 3 nitrogen and oxygen atoms in total. The van der Waals surface area contributed by atoms with E-state index in [1.807, 2.05) is 37.3 Å². The zero-order valence-electron chi connectivity index (χ0n) is 13.4. The number of hydrogen-bond donors (Lipinski definition) is 0. The number of halogens is 1. The van der Waals surface area contributed by atoms with Crippen molar-refractivity contribution in [2.24, 2.45) is 0 Å². The van der Waals surface area contributed by atoms with Crippen molar-refractivity contribution in [3.63, 3.8) is 0 Å². The molecule has 0 spiro atoms. The van der Waals surface area contributed by atoms with Gasteiger partial charge >= 0.3 is 5.97 Å². The molecule has 120 valence electrons. The van der Waals surface area contributed by atoms with Crippen LogP contribution in [0.4, 0.5) is 0 Å². The Hall–Kier alpha value is -1.06. The number of hydrogen-bond acceptors (Lipinski definition) is 3. The van der Waals surface area contributed by atoms with E-state index in [1.165, 1.54) is 0 Å². The Morgan fingerprint density at radius 1 is 1.14 bits per heavy atom. The number of carbonyl (C=O) groups excluding carboxylic acids is 1. The Morgan fingerprint density at radius 2 is 1.76 bits per heavy atom. The standard InChI is InChI=1S/C17H27NO2.ClH/c1-4-16(15-11-8-7-9-12-15)17(19)20-14-10-13-18(5-2)6-3;/h7-9,11-12,16H,4-6,10,13-14H2,1-3H3;1H. The first kappa shape index (κ1) is 19.9. The predicted molar refractivity (Wildman–Crippen MR) is 90.1 cm³/mol. The number of carbonyl (C=O) groups is 1. The van der Waals surface area contributed by atoms with Gasteiger partial charge in [-0.05, 0) is 31.5 Å². The zero-order valence-corrected chi connectivity index (χ0v) is 14.2. The quantitative estimate of drug-likeness (QED) is 0.512. The maximum absolute atomic E-state index is 12.1. The largest absolute Gasteiger partial charge is 0.465 e. The molecule has 1 aromatic carbocycles. The lowest BCUT2D eigenvalue weighted by Gasteiger charge is -2.18. The molecule has 0 heterocycles. The highest BCUT2D eigenvalue weighted by molar-refractivity contribution is 5.85. The fraction of sp³-hybridized carbons (Fsp3) is 0.588. The van der Waals surface area contributed by atoms with E-state index in [0.717, 1.165) is 38.0 Å². The number of nitrogens with zero attached hydrogens (tertiary/aromatic N) is 1. The Kier molecular flexibility index (Phi) is 11.0. The van der Waals surface area contributed by atoms with E-state index in [1.54, 1.807) is 0 Å². The number of rotatable bonds is 9. The minimum absolute atomic E-state index is 0. The van der Waals surface area contributed by atoms with Gasteiger partial charge in [0.05, 0.1) is 12.5 Å². The van der Waals surface area contributed by atoms with E-state index in [2.05, 4.69) is 18.7 Å². The lowest BCUT2D eigenvalue weighted by atomic mass is 9.97. The van der Waals surface area contributed by atoms with Gasteiger partial charge in [-0.2, -0.15) is 0 Å². The van der Waals surface area contributed by atoms with Crippen LogP contribution in [0.5, 0.6) is 0 Å². The van der Waals surface area contributed by atoms with Crippen LogP contribution >= 0.6 is 12.4 Å². The van der Waals surface area contributed by atoms with Crippen LogP contribution in [0.1, 0.15) is 45.1 Å². The molecular weight excluding hydrogens is 286 g/mol. The SMILES string of the molecule is CCC(C(=O)OCCCN(CC)CC)c1ccccc1.Cl. The zero-order chi connectivity index (χ0) is 14.8. The van der Waals surface area contributed by atoms with Crippen molar-refractivity contribution in [2.75, 3.05) is 26.2 Å². The van der Waals surface area contributed by atoms with Gasteiger partial charge in [0.1, 0.15) is 0 Å². The molecule has 0 aliphatic carbocycles. The Morgan fingerprint density at radius 3 is 2.29 bits per heavy atom. The van der Waals surface area contributed by atoms with Crippen molar-refractivity contribution in [1.82, 2.24) is 4.90 Å². The lowest BCUT2D eigenvalue weighted by molar-refractivity contribution is -0.145. The van der Waals surface area contributed by atoms with Crippen LogP contribution in [-0.2, 0) is 9.53 Å². The maximum atomic E-state index is 12.1. The molecular formula is C17H28ClNO2. The summed E-state index contributed by atoms with van der Waals surface area (Å²) in [6.07, 6.45) is 1.68. The van der Waals surface area contributed by atoms with Crippen molar-refractivity contribution < 1.29 is 9.53 Å². The summed E-state index contributed by atoms with van der Waals surface area (Å²) in [7, 11) is 0. The molecule has 21 heavy (non-hydrogen) atoms. The summed E-state index contributed by atoms with van der Waals surface area (Å²) in [5, 5.41) is 0. The monoisotopic (exact) mass is 313 g/mol. The van der Waals surface area contributed by atoms with E-state index in [0.29, 0.717) is 6.61 Å². The molecule has 0 saturated carbocycles. The van der Waals surface area contributed by atoms with Gasteiger partial charge < -0.3 is 9.64 Å². The minimum atomic E-state index is -0.135. The molecule has 1 unspecified atom stereocenters. The summed E-state index contributed by atoms with van der Waals surface area (Å²) in [4.78, 5) is 14.5. The first-order valence-electron chi connectivity index (χ1n) is 7.66. The Bertz CT molecular complexity index is 380. The summed E-state index contributed by atoms with van der Waals surface area (Å²) >= 11 is 0. The van der Waals surface area contributed by atoms with Crippen LogP contribution in [0.25, 0.3) is 0 Å². The first-order valence-corrected chi connectivity index (χ1v) is 7.66. The summed E-state index contributed by atoms with van der Waals surface area (Å²) in [5.41, 5.74) is 1.05. The second-order valence-corrected chi connectivity index (χ2v) is 4.92. The van der Waals surface area contributed by atoms with Gasteiger partial charge in [-0.3, -0.25) is 4.79 Å². The fourth-order valence-corrected chi connectivity index (χ4v) is 2.33. The van der Waals surface area contributed by atoms with Crippen molar-refractivity contribution in [3.05, 3.63) is 35.9 Å². The van der Waals surface area contributed by atoms with Crippen LogP contribution in [0.15, 0.2) is 30.3 Å². The van der Waals surface area contributed by atoms with Gasteiger partial charge in [-0.15, -0.1) is 12.4 Å². The molecule has 0 fully saturated rings. The van der Waals surface area contributed by atoms with E-state index >= 15 is 0 Å². The molecule has 0 aliphatic heterocycles. The van der Waals surface area contributed by atoms with Gasteiger partial charge in [0, 0.05) is 6.54 Å². The second-order valence-electron chi connectivity index (χ2n) is 4.92. The lowest BCUT2D eigenvalue weighted by Crippen LogP contribution is -2.25. The molecule has 0 N–H and O–H groups in total. The Balaban J connectivity index is 0.00000400. The highest BCUT2D eigenvalue weighted by Gasteiger charge is 2.19. The van der Waals surface area contributed by atoms with Crippen LogP contribution < -0.4 is 0 Å². The van der Waals surface area contributed by atoms with Gasteiger partial charge in [0.15, 0.2) is 0 Å². The van der Waals surface area contributed by atoms with Crippen LogP contribution in [-0.4, -0.2) is 37.1 Å². The maximum Gasteiger partial charge on any atom is 0.313 e. The average Bonchev–Trinajstić information content (AvgIpc) is 2.49. The van der Waals surface area contributed by atoms with Crippen LogP contribution in [0.3, 0.4) is 0 Å². The molecule has 0 saturated heterocycles. The van der Waals surface area contributed by atoms with Crippen molar-refractivity contribution >= 4 is 18.4 Å². The molecule has 0 radical (unpaired) electrons. The topological polar surface area (TPSA) is 29.5 Å². The molecule has 0 bridgehead atoms. The molecule has 0 aromatic heterocycles. The first-order chi connectivity index (χ1) is 9.72. The van der Waals surface area contributed by atoms with Gasteiger partial charge in [0.2, 0.25) is 0 Å². The molecule has 0 amide bonds. The third kappa shape index (κ3) is 6.96. The van der Waals surface area contributed by atoms with E-state index in [9.17, 15) is 4.79 Å². The van der Waals surface area contributed by atoms with Gasteiger partial charge in [0.25, 0.3) is 0 Å². The summed E-state index contributed by atoms with van der Waals surface area (Å²) in [6, 6.07) is 9.87. The number of benzene rings is 1. The van der Waals surface area contributed by atoms with E-state index in [-0.39, 0.29) is 24.3 Å². The third-order valence-corrected chi connectivity index (χ3v) is 3.65. The van der Waals surface area contributed by atoms with Crippen molar-refractivity contribution in [3.8, 4) is 0 Å². The normalized spacial score (nSPS) is 11.8. The summed E-state index contributed by atoms with van der Waals surface area (Å²) < 4.78 is 5.42. The number of esters is 1. The van der Waals surface area contributed by atoms with E-state index < -0.39 is 0 Å². The van der Waals surface area contributed by atoms with Crippen molar-refractivity contribution in [2.45, 2.75) is 39.5 Å². The molecule has 1 rings (SSSR count). The van der Waals surface area contributed by atoms with Crippen LogP contribution in [0.2, 0.25) is 0 Å². The molecule has 1 atom stereocenters. The molecule has 0 aliphatic rings. The molecule has 4 heteroatoms. The smallest absolute Gasteiger partial charge is 0.313 e. The predicted octanol–water partition coefficient (Wildman–Crippen LogP) is 3.88. The fourth-order valence-electron chi connectivity index (χ4n) is 2.33. The van der Waals surface area contributed by atoms with Gasteiger partial charge in [-0.25, -0.2) is 0 Å². The average molecular weight is 314 g/mol. The highest BCUT2D eigenvalue weighted by atomic mass is 35.5. The molecule has 1 aromatic rings.